The number of nitrogens with one attached hydrogen (secondary N) is 1. The second kappa shape index (κ2) is 5.82. The van der Waals surface area contributed by atoms with Crippen LogP contribution in [0.25, 0.3) is 0 Å². The lowest BCUT2D eigenvalue weighted by Crippen LogP contribution is -1.98. The van der Waals surface area contributed by atoms with Crippen molar-refractivity contribution in [1.29, 1.82) is 0 Å². The molecule has 2 aromatic rings. The number of hydrogen-bond acceptors (Lipinski definition) is 7. The number of furan rings is 1. The molecule has 0 aliphatic carbocycles. The molecule has 0 bridgehead atoms. The Morgan fingerprint density at radius 1 is 1.10 bits per heavy atom. The van der Waals surface area contributed by atoms with Crippen molar-refractivity contribution in [2.24, 2.45) is 5.10 Å². The van der Waals surface area contributed by atoms with Crippen LogP contribution in [0.15, 0.2) is 45.9 Å². The van der Waals surface area contributed by atoms with Gasteiger partial charge >= 0.3 is 5.88 Å². The monoisotopic (exact) mass is 290 g/mol. The zero-order valence-corrected chi connectivity index (χ0v) is 10.8. The highest BCUT2D eigenvalue weighted by molar-refractivity contribution is 5.96. The van der Waals surface area contributed by atoms with Gasteiger partial charge in [0.15, 0.2) is 5.76 Å². The van der Waals surface area contributed by atoms with Gasteiger partial charge in [-0.15, -0.1) is 0 Å². The summed E-state index contributed by atoms with van der Waals surface area (Å²) in [5.74, 6) is -0.106. The number of nitrogens with zero attached hydrogens (tertiary/aromatic N) is 3. The van der Waals surface area contributed by atoms with Crippen LogP contribution in [0.3, 0.4) is 0 Å². The molecule has 0 atom stereocenters. The summed E-state index contributed by atoms with van der Waals surface area (Å²) in [5.41, 5.74) is 3.60. The summed E-state index contributed by atoms with van der Waals surface area (Å²) >= 11 is 0. The standard InChI is InChI=1S/C12H10N4O5/c1-8(11-6-7-12(21-11)16(19)20)13-14-9-2-4-10(5-3-9)15(17)18/h2-7,14H,1H3/b13-8+. The molecule has 0 saturated carbocycles. The SMILES string of the molecule is C/C(=N\Nc1ccc([N+](=O)[O-])cc1)c1ccc([N+](=O)[O-])o1. The minimum atomic E-state index is -0.638. The van der Waals surface area contributed by atoms with Crippen molar-refractivity contribution in [3.8, 4) is 0 Å². The number of hydrogen-bond donors (Lipinski definition) is 1. The summed E-state index contributed by atoms with van der Waals surface area (Å²) in [6, 6.07) is 8.35. The molecule has 2 rings (SSSR count). The first kappa shape index (κ1) is 14.2. The molecule has 0 aliphatic heterocycles. The average Bonchev–Trinajstić information content (AvgIpc) is 2.95. The molecule has 0 amide bonds. The summed E-state index contributed by atoms with van der Waals surface area (Å²) in [4.78, 5) is 19.9. The van der Waals surface area contributed by atoms with Gasteiger partial charge < -0.3 is 4.42 Å². The highest BCUT2D eigenvalue weighted by Gasteiger charge is 2.13. The lowest BCUT2D eigenvalue weighted by molar-refractivity contribution is -0.402. The molecule has 1 heterocycles. The summed E-state index contributed by atoms with van der Waals surface area (Å²) < 4.78 is 4.99. The van der Waals surface area contributed by atoms with Gasteiger partial charge in [0, 0.05) is 12.1 Å². The molecule has 21 heavy (non-hydrogen) atoms. The number of anilines is 1. The highest BCUT2D eigenvalue weighted by Crippen LogP contribution is 2.18. The van der Waals surface area contributed by atoms with Gasteiger partial charge in [0.1, 0.15) is 10.6 Å². The van der Waals surface area contributed by atoms with Crippen molar-refractivity contribution in [2.75, 3.05) is 5.43 Å². The van der Waals surface area contributed by atoms with E-state index in [1.54, 1.807) is 6.92 Å². The van der Waals surface area contributed by atoms with Gasteiger partial charge in [-0.3, -0.25) is 25.7 Å². The van der Waals surface area contributed by atoms with Gasteiger partial charge in [0.25, 0.3) is 5.69 Å². The average molecular weight is 290 g/mol. The zero-order valence-electron chi connectivity index (χ0n) is 10.8. The molecule has 1 N–H and O–H groups in total. The van der Waals surface area contributed by atoms with E-state index in [9.17, 15) is 20.2 Å². The Hall–Kier alpha value is -3.23. The third-order valence-corrected chi connectivity index (χ3v) is 2.56. The Morgan fingerprint density at radius 3 is 2.29 bits per heavy atom. The molecule has 0 fully saturated rings. The Bertz CT molecular complexity index is 705. The highest BCUT2D eigenvalue weighted by atomic mass is 16.6. The number of hydrazone groups is 1. The molecule has 1 aromatic heterocycles. The molecule has 1 aromatic carbocycles. The molecule has 0 unspecified atom stereocenters. The Morgan fingerprint density at radius 2 is 1.76 bits per heavy atom. The van der Waals surface area contributed by atoms with E-state index < -0.39 is 9.85 Å². The largest absolute Gasteiger partial charge is 0.433 e. The van der Waals surface area contributed by atoms with Crippen LogP contribution >= 0.6 is 0 Å². The molecule has 0 spiro atoms. The maximum atomic E-state index is 10.5. The topological polar surface area (TPSA) is 124 Å². The summed E-state index contributed by atoms with van der Waals surface area (Å²) in [7, 11) is 0. The van der Waals surface area contributed by atoms with Crippen LogP contribution in [0.4, 0.5) is 17.3 Å². The quantitative estimate of drug-likeness (QED) is 0.512. The first-order valence-corrected chi connectivity index (χ1v) is 5.77. The molecule has 0 radical (unpaired) electrons. The third kappa shape index (κ3) is 3.41. The molecular weight excluding hydrogens is 280 g/mol. The lowest BCUT2D eigenvalue weighted by Gasteiger charge is -2.01. The fourth-order valence-electron chi connectivity index (χ4n) is 1.48. The molecule has 0 saturated heterocycles. The zero-order chi connectivity index (χ0) is 15.4. The number of benzene rings is 1. The summed E-state index contributed by atoms with van der Waals surface area (Å²) in [6.45, 7) is 1.61. The molecule has 9 heteroatoms. The smallest absolute Gasteiger partial charge is 0.399 e. The van der Waals surface area contributed by atoms with E-state index in [0.717, 1.165) is 0 Å². The fourth-order valence-corrected chi connectivity index (χ4v) is 1.48. The third-order valence-electron chi connectivity index (χ3n) is 2.56. The second-order valence-corrected chi connectivity index (χ2v) is 4.01. The van der Waals surface area contributed by atoms with E-state index in [0.29, 0.717) is 11.4 Å². The van der Waals surface area contributed by atoms with Crippen LogP contribution in [0.1, 0.15) is 12.7 Å². The predicted octanol–water partition coefficient (Wildman–Crippen LogP) is 2.93. The van der Waals surface area contributed by atoms with Crippen molar-refractivity contribution < 1.29 is 14.3 Å². The Balaban J connectivity index is 2.08. The maximum absolute atomic E-state index is 10.5. The van der Waals surface area contributed by atoms with Gasteiger partial charge in [-0.05, 0) is 25.1 Å². The van der Waals surface area contributed by atoms with Crippen LogP contribution < -0.4 is 5.43 Å². The number of nitro groups is 2. The van der Waals surface area contributed by atoms with Gasteiger partial charge in [0.2, 0.25) is 0 Å². The summed E-state index contributed by atoms with van der Waals surface area (Å²) in [5, 5.41) is 25.0. The first-order chi connectivity index (χ1) is 9.97. The Labute approximate surface area is 118 Å². The normalized spacial score (nSPS) is 11.2. The van der Waals surface area contributed by atoms with Crippen LogP contribution in [0, 0.1) is 20.2 Å². The van der Waals surface area contributed by atoms with Crippen molar-refractivity contribution in [3.05, 3.63) is 62.4 Å². The van der Waals surface area contributed by atoms with Crippen molar-refractivity contribution in [3.63, 3.8) is 0 Å². The molecule has 9 nitrogen and oxygen atoms in total. The van der Waals surface area contributed by atoms with Gasteiger partial charge in [0.05, 0.1) is 16.7 Å². The van der Waals surface area contributed by atoms with Crippen LogP contribution in [0.2, 0.25) is 0 Å². The summed E-state index contributed by atoms with van der Waals surface area (Å²) in [6.07, 6.45) is 0. The molecule has 0 aliphatic rings. The van der Waals surface area contributed by atoms with Gasteiger partial charge in [-0.2, -0.15) is 5.10 Å². The van der Waals surface area contributed by atoms with E-state index in [-0.39, 0.29) is 17.3 Å². The van der Waals surface area contributed by atoms with Crippen LogP contribution in [0.5, 0.6) is 0 Å². The number of rotatable bonds is 5. The van der Waals surface area contributed by atoms with Crippen molar-refractivity contribution in [2.45, 2.75) is 6.92 Å². The minimum absolute atomic E-state index is 0.0251. The van der Waals surface area contributed by atoms with E-state index in [2.05, 4.69) is 10.5 Å². The molecule has 108 valence electrons. The van der Waals surface area contributed by atoms with Crippen molar-refractivity contribution >= 4 is 23.0 Å². The number of non-ortho nitro benzene ring substituents is 1. The van der Waals surface area contributed by atoms with E-state index in [4.69, 9.17) is 4.42 Å². The number of nitro benzene ring substituents is 1. The van der Waals surface area contributed by atoms with E-state index >= 15 is 0 Å². The van der Waals surface area contributed by atoms with Crippen LogP contribution in [-0.2, 0) is 0 Å². The van der Waals surface area contributed by atoms with E-state index in [1.165, 1.54) is 36.4 Å². The van der Waals surface area contributed by atoms with E-state index in [1.807, 2.05) is 0 Å². The fraction of sp³-hybridized carbons (Fsp3) is 0.0833. The van der Waals surface area contributed by atoms with Crippen molar-refractivity contribution in [1.82, 2.24) is 0 Å². The Kier molecular flexibility index (Phi) is 3.93. The second-order valence-electron chi connectivity index (χ2n) is 4.01. The minimum Gasteiger partial charge on any atom is -0.399 e. The van der Waals surface area contributed by atoms with Crippen LogP contribution in [-0.4, -0.2) is 15.6 Å². The molecular formula is C12H10N4O5. The first-order valence-electron chi connectivity index (χ1n) is 5.77. The van der Waals surface area contributed by atoms with Gasteiger partial charge in [-0.25, -0.2) is 0 Å². The maximum Gasteiger partial charge on any atom is 0.433 e. The lowest BCUT2D eigenvalue weighted by atomic mass is 10.3. The predicted molar refractivity (Wildman–Crippen MR) is 74.3 cm³/mol. The van der Waals surface area contributed by atoms with Gasteiger partial charge in [-0.1, -0.05) is 0 Å².